The first-order valence-electron chi connectivity index (χ1n) is 16.9. The average Bonchev–Trinajstić information content (AvgIpc) is 3.98. The van der Waals surface area contributed by atoms with Crippen LogP contribution in [-0.2, 0) is 0 Å². The summed E-state index contributed by atoms with van der Waals surface area (Å²) >= 11 is 0. The van der Waals surface area contributed by atoms with Gasteiger partial charge in [-0.05, 0) is 109 Å². The molecule has 244 valence electrons. The SMILES string of the molecule is Cc1cnc(-c2cccc(N(c3ccccc3)c3ccc4c(-c5ccco5)c(-c5ccco5)n(-c5ccccn5)c4c3)c2)cc1-c1ccccc1. The first-order chi connectivity index (χ1) is 25.2. The second kappa shape index (κ2) is 12.8. The van der Waals surface area contributed by atoms with Gasteiger partial charge < -0.3 is 13.7 Å². The highest BCUT2D eigenvalue weighted by atomic mass is 16.3. The second-order valence-corrected chi connectivity index (χ2v) is 12.4. The molecule has 0 aliphatic carbocycles. The van der Waals surface area contributed by atoms with Crippen LogP contribution >= 0.6 is 0 Å². The van der Waals surface area contributed by atoms with Gasteiger partial charge in [-0.1, -0.05) is 66.7 Å². The number of fused-ring (bicyclic) bond motifs is 1. The fourth-order valence-electron chi connectivity index (χ4n) is 6.90. The Bertz CT molecular complexity index is 2580. The smallest absolute Gasteiger partial charge is 0.151 e. The number of aromatic nitrogens is 3. The molecule has 0 atom stereocenters. The topological polar surface area (TPSA) is 60.2 Å². The van der Waals surface area contributed by atoms with E-state index in [4.69, 9.17) is 18.8 Å². The molecule has 0 amide bonds. The number of anilines is 3. The van der Waals surface area contributed by atoms with Crippen molar-refractivity contribution in [2.24, 2.45) is 0 Å². The van der Waals surface area contributed by atoms with E-state index in [0.717, 1.165) is 73.4 Å². The monoisotopic (exact) mass is 660 g/mol. The van der Waals surface area contributed by atoms with E-state index >= 15 is 0 Å². The third-order valence-corrected chi connectivity index (χ3v) is 9.21. The Morgan fingerprint density at radius 1 is 0.569 bits per heavy atom. The number of furan rings is 2. The van der Waals surface area contributed by atoms with Crippen molar-refractivity contribution in [3.63, 3.8) is 0 Å². The quantitative estimate of drug-likeness (QED) is 0.162. The lowest BCUT2D eigenvalue weighted by Gasteiger charge is -2.26. The molecule has 51 heavy (non-hydrogen) atoms. The summed E-state index contributed by atoms with van der Waals surface area (Å²) < 4.78 is 14.3. The first-order valence-corrected chi connectivity index (χ1v) is 16.9. The molecule has 4 aromatic carbocycles. The van der Waals surface area contributed by atoms with Crippen LogP contribution in [0.4, 0.5) is 17.1 Å². The molecule has 5 aromatic heterocycles. The summed E-state index contributed by atoms with van der Waals surface area (Å²) in [4.78, 5) is 12.0. The van der Waals surface area contributed by atoms with E-state index < -0.39 is 0 Å². The van der Waals surface area contributed by atoms with Gasteiger partial charge in [0.25, 0.3) is 0 Å². The Balaban J connectivity index is 1.25. The molecule has 0 fully saturated rings. The third kappa shape index (κ3) is 5.49. The maximum atomic E-state index is 6.06. The van der Waals surface area contributed by atoms with Gasteiger partial charge in [0, 0.05) is 40.4 Å². The van der Waals surface area contributed by atoms with Crippen LogP contribution in [0, 0.1) is 6.92 Å². The Labute approximate surface area is 295 Å². The summed E-state index contributed by atoms with van der Waals surface area (Å²) in [6.07, 6.45) is 7.18. The maximum Gasteiger partial charge on any atom is 0.151 e. The molecule has 0 aliphatic rings. The van der Waals surface area contributed by atoms with Gasteiger partial charge in [-0.2, -0.15) is 0 Å². The lowest BCUT2D eigenvalue weighted by molar-refractivity contribution is 0.573. The van der Waals surface area contributed by atoms with Crippen LogP contribution in [0.1, 0.15) is 5.56 Å². The predicted octanol–water partition coefficient (Wildman–Crippen LogP) is 12.1. The van der Waals surface area contributed by atoms with Crippen LogP contribution in [0.2, 0.25) is 0 Å². The standard InChI is InChI=1S/C45H32N4O2/c1-31-30-47-39(29-38(31)32-13-4-2-5-14-32)33-15-10-18-35(27-33)48(34-16-6-3-7-17-34)36-22-23-37-40(28-36)49(43-21-8-9-24-46-43)45(42-20-12-26-51-42)44(37)41-19-11-25-50-41/h2-30H,1H3. The van der Waals surface area contributed by atoms with E-state index in [2.05, 4.69) is 113 Å². The minimum atomic E-state index is 0.720. The van der Waals surface area contributed by atoms with Crippen LogP contribution in [0.15, 0.2) is 185 Å². The van der Waals surface area contributed by atoms with Crippen LogP contribution in [0.3, 0.4) is 0 Å². The molecule has 0 aliphatic heterocycles. The molecule has 0 radical (unpaired) electrons. The molecule has 0 saturated heterocycles. The highest BCUT2D eigenvalue weighted by Crippen LogP contribution is 2.45. The highest BCUT2D eigenvalue weighted by Gasteiger charge is 2.26. The number of pyridine rings is 2. The van der Waals surface area contributed by atoms with Crippen molar-refractivity contribution >= 4 is 28.0 Å². The molecule has 0 saturated carbocycles. The summed E-state index contributed by atoms with van der Waals surface area (Å²) in [5.74, 6) is 2.25. The van der Waals surface area contributed by atoms with E-state index in [9.17, 15) is 0 Å². The van der Waals surface area contributed by atoms with E-state index in [1.807, 2.05) is 67.0 Å². The van der Waals surface area contributed by atoms with Gasteiger partial charge in [-0.25, -0.2) is 4.98 Å². The largest absolute Gasteiger partial charge is 0.464 e. The van der Waals surface area contributed by atoms with E-state index in [0.29, 0.717) is 0 Å². The summed E-state index contributed by atoms with van der Waals surface area (Å²) in [5, 5.41) is 1.02. The molecule has 6 nitrogen and oxygen atoms in total. The zero-order chi connectivity index (χ0) is 34.1. The third-order valence-electron chi connectivity index (χ3n) is 9.21. The molecule has 0 N–H and O–H groups in total. The summed E-state index contributed by atoms with van der Waals surface area (Å²) in [6.45, 7) is 2.11. The first kappa shape index (κ1) is 30.2. The van der Waals surface area contributed by atoms with E-state index in [1.54, 1.807) is 12.5 Å². The Morgan fingerprint density at radius 3 is 2.02 bits per heavy atom. The van der Waals surface area contributed by atoms with Gasteiger partial charge in [-0.3, -0.25) is 9.55 Å². The lowest BCUT2D eigenvalue weighted by atomic mass is 9.99. The van der Waals surface area contributed by atoms with Crippen LogP contribution < -0.4 is 4.90 Å². The molecule has 9 rings (SSSR count). The van der Waals surface area contributed by atoms with Crippen molar-refractivity contribution in [3.05, 3.63) is 182 Å². The Kier molecular flexibility index (Phi) is 7.59. The van der Waals surface area contributed by atoms with Crippen molar-refractivity contribution in [3.8, 4) is 51.0 Å². The minimum Gasteiger partial charge on any atom is -0.464 e. The normalized spacial score (nSPS) is 11.2. The molecular formula is C45H32N4O2. The van der Waals surface area contributed by atoms with Gasteiger partial charge in [0.05, 0.1) is 29.3 Å². The summed E-state index contributed by atoms with van der Waals surface area (Å²) in [5.41, 5.74) is 11.2. The number of rotatable bonds is 8. The molecule has 0 unspecified atom stereocenters. The Morgan fingerprint density at radius 2 is 1.27 bits per heavy atom. The summed E-state index contributed by atoms with van der Waals surface area (Å²) in [6, 6.07) is 52.0. The predicted molar refractivity (Wildman–Crippen MR) is 205 cm³/mol. The maximum absolute atomic E-state index is 6.06. The van der Waals surface area contributed by atoms with Crippen molar-refractivity contribution in [2.75, 3.05) is 4.90 Å². The van der Waals surface area contributed by atoms with Gasteiger partial charge in [-0.15, -0.1) is 0 Å². The number of benzene rings is 4. The molecule has 9 aromatic rings. The summed E-state index contributed by atoms with van der Waals surface area (Å²) in [7, 11) is 0. The molecule has 0 bridgehead atoms. The number of nitrogens with zero attached hydrogens (tertiary/aromatic N) is 4. The fraction of sp³-hybridized carbons (Fsp3) is 0.0222. The van der Waals surface area contributed by atoms with Crippen molar-refractivity contribution in [2.45, 2.75) is 6.92 Å². The zero-order valence-corrected chi connectivity index (χ0v) is 27.8. The highest BCUT2D eigenvalue weighted by molar-refractivity contribution is 6.05. The zero-order valence-electron chi connectivity index (χ0n) is 27.8. The van der Waals surface area contributed by atoms with Crippen molar-refractivity contribution in [1.82, 2.24) is 14.5 Å². The number of hydrogen-bond acceptors (Lipinski definition) is 5. The second-order valence-electron chi connectivity index (χ2n) is 12.4. The lowest BCUT2D eigenvalue weighted by Crippen LogP contribution is -2.10. The number of hydrogen-bond donors (Lipinski definition) is 0. The van der Waals surface area contributed by atoms with Crippen molar-refractivity contribution < 1.29 is 8.83 Å². The molecular weight excluding hydrogens is 629 g/mol. The Hall–Kier alpha value is -6.92. The van der Waals surface area contributed by atoms with Crippen LogP contribution in [-0.4, -0.2) is 14.5 Å². The molecule has 0 spiro atoms. The minimum absolute atomic E-state index is 0.720. The molecule has 5 heterocycles. The van der Waals surface area contributed by atoms with Gasteiger partial charge in [0.1, 0.15) is 17.3 Å². The average molecular weight is 661 g/mol. The molecule has 6 heteroatoms. The number of aryl methyl sites for hydroxylation is 1. The van der Waals surface area contributed by atoms with E-state index in [-0.39, 0.29) is 0 Å². The van der Waals surface area contributed by atoms with Crippen LogP contribution in [0.5, 0.6) is 0 Å². The van der Waals surface area contributed by atoms with Gasteiger partial charge in [0.15, 0.2) is 5.76 Å². The fourth-order valence-corrected chi connectivity index (χ4v) is 6.90. The number of para-hydroxylation sites is 1. The van der Waals surface area contributed by atoms with Crippen LogP contribution in [0.25, 0.3) is 61.9 Å². The van der Waals surface area contributed by atoms with Gasteiger partial charge in [0.2, 0.25) is 0 Å². The van der Waals surface area contributed by atoms with Gasteiger partial charge >= 0.3 is 0 Å². The van der Waals surface area contributed by atoms with Crippen molar-refractivity contribution in [1.29, 1.82) is 0 Å². The van der Waals surface area contributed by atoms with E-state index in [1.165, 1.54) is 11.1 Å².